The number of fused-ring (bicyclic) bond motifs is 1. The number of rotatable bonds is 4. The zero-order valence-corrected chi connectivity index (χ0v) is 15.5. The fraction of sp³-hybridized carbons (Fsp3) is 0.474. The van der Waals surface area contributed by atoms with Crippen molar-refractivity contribution in [3.63, 3.8) is 0 Å². The van der Waals surface area contributed by atoms with Crippen LogP contribution in [0.3, 0.4) is 0 Å². The van der Waals surface area contributed by atoms with Crippen LogP contribution in [0.4, 0.5) is 0 Å². The van der Waals surface area contributed by atoms with Gasteiger partial charge in [0.25, 0.3) is 10.1 Å². The summed E-state index contributed by atoms with van der Waals surface area (Å²) in [5, 5.41) is 1.54. The van der Waals surface area contributed by atoms with Gasteiger partial charge in [-0.25, -0.2) is 0 Å². The van der Waals surface area contributed by atoms with Gasteiger partial charge in [0.05, 0.1) is 0 Å². The first kappa shape index (κ1) is 18.0. The molecule has 23 heavy (non-hydrogen) atoms. The van der Waals surface area contributed by atoms with E-state index in [0.717, 1.165) is 22.1 Å². The van der Waals surface area contributed by atoms with Gasteiger partial charge in [-0.2, -0.15) is 8.42 Å². The molecule has 4 heteroatoms. The van der Waals surface area contributed by atoms with E-state index in [1.165, 1.54) is 0 Å². The highest BCUT2D eigenvalue weighted by molar-refractivity contribution is 7.86. The Kier molecular flexibility index (Phi) is 4.88. The van der Waals surface area contributed by atoms with Gasteiger partial charge in [-0.3, -0.25) is 4.55 Å². The summed E-state index contributed by atoms with van der Waals surface area (Å²) in [5.74, 6) is 0.643. The van der Waals surface area contributed by atoms with E-state index >= 15 is 0 Å². The smallest absolute Gasteiger partial charge is 0.282 e. The van der Waals surface area contributed by atoms with E-state index in [2.05, 4.69) is 33.8 Å². The molecule has 126 valence electrons. The maximum absolute atomic E-state index is 12.0. The molecule has 0 fully saturated rings. The summed E-state index contributed by atoms with van der Waals surface area (Å²) in [6.07, 6.45) is 0. The summed E-state index contributed by atoms with van der Waals surface area (Å²) in [7, 11) is -4.28. The van der Waals surface area contributed by atoms with E-state index < -0.39 is 10.1 Å². The molecule has 0 aliphatic heterocycles. The van der Waals surface area contributed by atoms with Crippen molar-refractivity contribution in [1.29, 1.82) is 0 Å². The van der Waals surface area contributed by atoms with Crippen LogP contribution in [0.5, 0.6) is 0 Å². The Bertz CT molecular complexity index is 831. The molecule has 1 N–H and O–H groups in total. The van der Waals surface area contributed by atoms with Gasteiger partial charge in [-0.05, 0) is 45.9 Å². The second-order valence-corrected chi connectivity index (χ2v) is 8.51. The van der Waals surface area contributed by atoms with Crippen molar-refractivity contribution in [3.05, 3.63) is 41.0 Å². The highest BCUT2D eigenvalue weighted by atomic mass is 32.2. The third kappa shape index (κ3) is 3.43. The van der Waals surface area contributed by atoms with E-state index in [1.54, 1.807) is 6.07 Å². The van der Waals surface area contributed by atoms with Crippen molar-refractivity contribution in [2.75, 3.05) is 0 Å². The largest absolute Gasteiger partial charge is 0.295 e. The van der Waals surface area contributed by atoms with E-state index in [9.17, 15) is 13.0 Å². The van der Waals surface area contributed by atoms with E-state index in [0.29, 0.717) is 5.39 Å². The molecule has 0 spiro atoms. The Morgan fingerprint density at radius 3 is 1.91 bits per heavy atom. The fourth-order valence-electron chi connectivity index (χ4n) is 3.15. The monoisotopic (exact) mass is 334 g/mol. The third-order valence-electron chi connectivity index (χ3n) is 4.32. The van der Waals surface area contributed by atoms with Gasteiger partial charge in [0.2, 0.25) is 0 Å². The molecule has 0 amide bonds. The Balaban J connectivity index is 3.06. The quantitative estimate of drug-likeness (QED) is 0.756. The van der Waals surface area contributed by atoms with Crippen molar-refractivity contribution >= 4 is 20.9 Å². The molecule has 3 nitrogen and oxygen atoms in total. The van der Waals surface area contributed by atoms with Crippen LogP contribution in [0.1, 0.15) is 76.0 Å². The average molecular weight is 334 g/mol. The summed E-state index contributed by atoms with van der Waals surface area (Å²) in [5.41, 5.74) is 3.06. The highest BCUT2D eigenvalue weighted by Crippen LogP contribution is 2.38. The minimum Gasteiger partial charge on any atom is -0.282 e. The van der Waals surface area contributed by atoms with Crippen LogP contribution in [-0.2, 0) is 10.1 Å². The first-order valence-electron chi connectivity index (χ1n) is 8.12. The molecule has 0 atom stereocenters. The van der Waals surface area contributed by atoms with Crippen molar-refractivity contribution in [3.8, 4) is 0 Å². The molecule has 2 aromatic carbocycles. The van der Waals surface area contributed by atoms with E-state index in [4.69, 9.17) is 0 Å². The second-order valence-electron chi connectivity index (χ2n) is 7.12. The van der Waals surface area contributed by atoms with Gasteiger partial charge in [0.15, 0.2) is 0 Å². The van der Waals surface area contributed by atoms with Crippen molar-refractivity contribution in [2.24, 2.45) is 0 Å². The van der Waals surface area contributed by atoms with Crippen LogP contribution in [0.25, 0.3) is 10.8 Å². The van der Waals surface area contributed by atoms with Crippen LogP contribution in [0, 0.1) is 0 Å². The zero-order chi connectivity index (χ0) is 17.5. The summed E-state index contributed by atoms with van der Waals surface area (Å²) >= 11 is 0. The normalized spacial score (nSPS) is 12.8. The highest BCUT2D eigenvalue weighted by Gasteiger charge is 2.23. The van der Waals surface area contributed by atoms with Gasteiger partial charge in [0.1, 0.15) is 4.90 Å². The van der Waals surface area contributed by atoms with Gasteiger partial charge in [-0.1, -0.05) is 59.7 Å². The molecule has 0 aliphatic rings. The molecule has 0 unspecified atom stereocenters. The number of hydrogen-bond acceptors (Lipinski definition) is 2. The van der Waals surface area contributed by atoms with Crippen molar-refractivity contribution in [2.45, 2.75) is 64.2 Å². The molecule has 0 saturated carbocycles. The fourth-order valence-corrected chi connectivity index (χ4v) is 3.93. The Morgan fingerprint density at radius 2 is 1.48 bits per heavy atom. The summed E-state index contributed by atoms with van der Waals surface area (Å²) in [6, 6.07) is 7.71. The van der Waals surface area contributed by atoms with Crippen LogP contribution in [0.15, 0.2) is 29.2 Å². The maximum atomic E-state index is 12.0. The molecule has 0 heterocycles. The van der Waals surface area contributed by atoms with Crippen LogP contribution >= 0.6 is 0 Å². The lowest BCUT2D eigenvalue weighted by atomic mass is 9.85. The molecule has 0 aromatic heterocycles. The lowest BCUT2D eigenvalue weighted by Gasteiger charge is -2.21. The minimum atomic E-state index is -4.28. The van der Waals surface area contributed by atoms with Gasteiger partial charge < -0.3 is 0 Å². The Morgan fingerprint density at radius 1 is 0.870 bits per heavy atom. The summed E-state index contributed by atoms with van der Waals surface area (Å²) in [4.78, 5) is 0.0323. The van der Waals surface area contributed by atoms with Gasteiger partial charge in [0, 0.05) is 5.39 Å². The predicted molar refractivity (Wildman–Crippen MR) is 96.0 cm³/mol. The first-order chi connectivity index (χ1) is 10.5. The second kappa shape index (κ2) is 6.25. The molecular weight excluding hydrogens is 308 g/mol. The lowest BCUT2D eigenvalue weighted by molar-refractivity contribution is 0.484. The van der Waals surface area contributed by atoms with Gasteiger partial charge >= 0.3 is 0 Å². The van der Waals surface area contributed by atoms with Crippen LogP contribution in [-0.4, -0.2) is 13.0 Å². The SMILES string of the molecule is CC(C)c1cc(S(=O)(=O)O)c2c(C(C)C)c(C(C)C)ccc2c1. The molecule has 0 radical (unpaired) electrons. The molecule has 2 rings (SSSR count). The standard InChI is InChI=1S/C19H26O3S/c1-11(2)15-9-14-7-8-16(12(3)4)18(13(5)6)19(14)17(10-15)23(20,21)22/h7-13H,1-6H3,(H,20,21,22). The van der Waals surface area contributed by atoms with Crippen LogP contribution in [0.2, 0.25) is 0 Å². The van der Waals surface area contributed by atoms with Crippen molar-refractivity contribution < 1.29 is 13.0 Å². The predicted octanol–water partition coefficient (Wildman–Crippen LogP) is 5.46. The summed E-state index contributed by atoms with van der Waals surface area (Å²) < 4.78 is 33.9. The molecule has 2 aromatic rings. The first-order valence-corrected chi connectivity index (χ1v) is 9.56. The van der Waals surface area contributed by atoms with E-state index in [-0.39, 0.29) is 22.6 Å². The topological polar surface area (TPSA) is 54.4 Å². The average Bonchev–Trinajstić information content (AvgIpc) is 2.43. The third-order valence-corrected chi connectivity index (χ3v) is 5.20. The maximum Gasteiger partial charge on any atom is 0.295 e. The van der Waals surface area contributed by atoms with Crippen LogP contribution < -0.4 is 0 Å². The minimum absolute atomic E-state index is 0.0323. The Labute approximate surface area is 139 Å². The Hall–Kier alpha value is -1.39. The van der Waals surface area contributed by atoms with E-state index in [1.807, 2.05) is 26.0 Å². The summed E-state index contributed by atoms with van der Waals surface area (Å²) in [6.45, 7) is 12.3. The molecule has 0 bridgehead atoms. The molecular formula is C19H26O3S. The van der Waals surface area contributed by atoms with Crippen molar-refractivity contribution in [1.82, 2.24) is 0 Å². The zero-order valence-electron chi connectivity index (χ0n) is 14.7. The lowest BCUT2D eigenvalue weighted by Crippen LogP contribution is -2.07. The molecule has 0 saturated heterocycles. The molecule has 0 aliphatic carbocycles. The van der Waals surface area contributed by atoms with Gasteiger partial charge in [-0.15, -0.1) is 0 Å². The number of benzene rings is 2. The number of hydrogen-bond donors (Lipinski definition) is 1.